The van der Waals surface area contributed by atoms with Crippen molar-refractivity contribution in [3.8, 4) is 0 Å². The molecule has 0 aromatic carbocycles. The molecular weight excluding hydrogens is 206 g/mol. The molecule has 1 unspecified atom stereocenters. The average Bonchev–Trinajstić information content (AvgIpc) is 2.70. The average molecular weight is 219 g/mol. The van der Waals surface area contributed by atoms with E-state index in [1.165, 1.54) is 0 Å². The lowest BCUT2D eigenvalue weighted by atomic mass is 9.95. The number of nitrogens with zero attached hydrogens (tertiary/aromatic N) is 1. The Bertz CT molecular complexity index is 453. The van der Waals surface area contributed by atoms with Crippen LogP contribution in [0.15, 0.2) is 12.3 Å². The first-order chi connectivity index (χ1) is 7.70. The number of fused-ring (bicyclic) bond motifs is 1. The fourth-order valence-corrected chi connectivity index (χ4v) is 2.13. The lowest BCUT2D eigenvalue weighted by molar-refractivity contribution is -0.120. The molecular formula is C11H13N3O2. The number of anilines is 2. The maximum Gasteiger partial charge on any atom is 0.252 e. The van der Waals surface area contributed by atoms with Gasteiger partial charge in [0, 0.05) is 19.2 Å². The molecule has 1 aromatic heterocycles. The van der Waals surface area contributed by atoms with Crippen molar-refractivity contribution in [2.45, 2.75) is 18.9 Å². The fourth-order valence-electron chi connectivity index (χ4n) is 2.13. The van der Waals surface area contributed by atoms with Crippen molar-refractivity contribution in [2.75, 3.05) is 23.8 Å². The van der Waals surface area contributed by atoms with Gasteiger partial charge in [0.1, 0.15) is 5.54 Å². The van der Waals surface area contributed by atoms with E-state index in [2.05, 4.69) is 15.6 Å². The number of hydrogen-bond donors (Lipinski definition) is 2. The van der Waals surface area contributed by atoms with Crippen molar-refractivity contribution in [3.05, 3.63) is 17.8 Å². The molecule has 1 saturated heterocycles. The summed E-state index contributed by atoms with van der Waals surface area (Å²) in [6, 6.07) is 1.91. The van der Waals surface area contributed by atoms with E-state index in [4.69, 9.17) is 4.74 Å². The summed E-state index contributed by atoms with van der Waals surface area (Å²) in [6.07, 6.45) is 2.47. The molecule has 2 aliphatic heterocycles. The highest BCUT2D eigenvalue weighted by atomic mass is 16.5. The van der Waals surface area contributed by atoms with Crippen molar-refractivity contribution < 1.29 is 9.53 Å². The van der Waals surface area contributed by atoms with Gasteiger partial charge in [-0.25, -0.2) is 4.98 Å². The largest absolute Gasteiger partial charge is 0.378 e. The summed E-state index contributed by atoms with van der Waals surface area (Å²) in [5, 5.41) is 6.09. The van der Waals surface area contributed by atoms with Crippen LogP contribution < -0.4 is 10.6 Å². The van der Waals surface area contributed by atoms with Crippen molar-refractivity contribution >= 4 is 17.4 Å². The highest BCUT2D eigenvalue weighted by Crippen LogP contribution is 2.33. The Labute approximate surface area is 93.2 Å². The molecule has 5 heteroatoms. The van der Waals surface area contributed by atoms with Crippen LogP contribution >= 0.6 is 0 Å². The molecule has 1 spiro atoms. The first-order valence-electron chi connectivity index (χ1n) is 5.34. The van der Waals surface area contributed by atoms with Crippen LogP contribution in [0.3, 0.4) is 0 Å². The Hall–Kier alpha value is -1.62. The fraction of sp³-hybridized carbons (Fsp3) is 0.455. The molecule has 3 rings (SSSR count). The van der Waals surface area contributed by atoms with Crippen molar-refractivity contribution in [2.24, 2.45) is 0 Å². The van der Waals surface area contributed by atoms with Crippen LogP contribution in [0.5, 0.6) is 0 Å². The number of aryl methyl sites for hydroxylation is 1. The minimum atomic E-state index is -0.616. The number of ether oxygens (including phenoxy) is 1. The summed E-state index contributed by atoms with van der Waals surface area (Å²) >= 11 is 0. The van der Waals surface area contributed by atoms with Gasteiger partial charge >= 0.3 is 0 Å². The molecule has 0 radical (unpaired) electrons. The van der Waals surface area contributed by atoms with E-state index in [1.807, 2.05) is 13.0 Å². The third-order valence-electron chi connectivity index (χ3n) is 3.09. The van der Waals surface area contributed by atoms with Crippen molar-refractivity contribution in [1.82, 2.24) is 4.98 Å². The molecule has 2 aliphatic rings. The van der Waals surface area contributed by atoms with Gasteiger partial charge in [-0.15, -0.1) is 0 Å². The normalized spacial score (nSPS) is 27.4. The zero-order valence-electron chi connectivity index (χ0n) is 9.04. The Balaban J connectivity index is 2.01. The topological polar surface area (TPSA) is 63.2 Å². The van der Waals surface area contributed by atoms with Crippen LogP contribution in [0.4, 0.5) is 11.5 Å². The van der Waals surface area contributed by atoms with Crippen LogP contribution in [-0.2, 0) is 9.53 Å². The summed E-state index contributed by atoms with van der Waals surface area (Å²) < 4.78 is 5.30. The first-order valence-corrected chi connectivity index (χ1v) is 5.34. The Morgan fingerprint density at radius 1 is 1.56 bits per heavy atom. The Morgan fingerprint density at radius 2 is 2.44 bits per heavy atom. The number of rotatable bonds is 0. The van der Waals surface area contributed by atoms with Crippen LogP contribution in [0.2, 0.25) is 0 Å². The lowest BCUT2D eigenvalue weighted by Gasteiger charge is -2.33. The van der Waals surface area contributed by atoms with Gasteiger partial charge in [0.05, 0.1) is 12.3 Å². The van der Waals surface area contributed by atoms with Gasteiger partial charge in [0.25, 0.3) is 5.91 Å². The number of aromatic nitrogens is 1. The number of pyridine rings is 1. The van der Waals surface area contributed by atoms with E-state index < -0.39 is 5.54 Å². The summed E-state index contributed by atoms with van der Waals surface area (Å²) in [7, 11) is 0. The van der Waals surface area contributed by atoms with Gasteiger partial charge in [0.2, 0.25) is 0 Å². The smallest absolute Gasteiger partial charge is 0.252 e. The highest BCUT2D eigenvalue weighted by molar-refractivity contribution is 6.05. The third kappa shape index (κ3) is 1.28. The lowest BCUT2D eigenvalue weighted by Crippen LogP contribution is -2.53. The number of hydrogen-bond acceptors (Lipinski definition) is 4. The molecule has 3 heterocycles. The van der Waals surface area contributed by atoms with Crippen LogP contribution in [-0.4, -0.2) is 29.6 Å². The predicted molar refractivity (Wildman–Crippen MR) is 59.4 cm³/mol. The Kier molecular flexibility index (Phi) is 1.91. The monoisotopic (exact) mass is 219 g/mol. The zero-order valence-corrected chi connectivity index (χ0v) is 9.04. The van der Waals surface area contributed by atoms with Gasteiger partial charge in [-0.05, 0) is 18.6 Å². The minimum Gasteiger partial charge on any atom is -0.378 e. The van der Waals surface area contributed by atoms with Crippen LogP contribution in [0.25, 0.3) is 0 Å². The molecule has 0 aliphatic carbocycles. The number of carbonyl (C=O) groups excluding carboxylic acids is 1. The second kappa shape index (κ2) is 3.18. The Morgan fingerprint density at radius 3 is 3.19 bits per heavy atom. The van der Waals surface area contributed by atoms with Crippen LogP contribution in [0, 0.1) is 6.92 Å². The SMILES string of the molecule is Cc1cnc2c(c1)NC(=O)C1(CCOC1)N2. The first kappa shape index (κ1) is 9.59. The van der Waals surface area contributed by atoms with E-state index in [0.717, 1.165) is 17.1 Å². The van der Waals surface area contributed by atoms with E-state index in [-0.39, 0.29) is 5.91 Å². The van der Waals surface area contributed by atoms with E-state index in [1.54, 1.807) is 6.20 Å². The third-order valence-corrected chi connectivity index (χ3v) is 3.09. The number of carbonyl (C=O) groups is 1. The van der Waals surface area contributed by atoms with Gasteiger partial charge in [-0.1, -0.05) is 0 Å². The molecule has 0 bridgehead atoms. The quantitative estimate of drug-likeness (QED) is 0.681. The number of amides is 1. The highest BCUT2D eigenvalue weighted by Gasteiger charge is 2.45. The molecule has 5 nitrogen and oxygen atoms in total. The van der Waals surface area contributed by atoms with Gasteiger partial charge < -0.3 is 15.4 Å². The standard InChI is InChI=1S/C11H13N3O2/c1-7-4-8-9(12-5-7)14-11(10(15)13-8)2-3-16-6-11/h4-5H,2-3,6H2,1H3,(H,12,14)(H,13,15). The molecule has 0 saturated carbocycles. The maximum absolute atomic E-state index is 12.0. The van der Waals surface area contributed by atoms with Gasteiger partial charge in [0.15, 0.2) is 5.82 Å². The van der Waals surface area contributed by atoms with E-state index in [0.29, 0.717) is 19.6 Å². The second-order valence-corrected chi connectivity index (χ2v) is 4.37. The summed E-state index contributed by atoms with van der Waals surface area (Å²) in [5.41, 5.74) is 1.16. The number of nitrogens with one attached hydrogen (secondary N) is 2. The summed E-state index contributed by atoms with van der Waals surface area (Å²) in [5.74, 6) is 0.709. The van der Waals surface area contributed by atoms with Crippen LogP contribution in [0.1, 0.15) is 12.0 Å². The van der Waals surface area contributed by atoms with Crippen molar-refractivity contribution in [3.63, 3.8) is 0 Å². The van der Waals surface area contributed by atoms with Crippen molar-refractivity contribution in [1.29, 1.82) is 0 Å². The summed E-state index contributed by atoms with van der Waals surface area (Å²) in [6.45, 7) is 2.97. The second-order valence-electron chi connectivity index (χ2n) is 4.37. The van der Waals surface area contributed by atoms with E-state index >= 15 is 0 Å². The molecule has 84 valence electrons. The maximum atomic E-state index is 12.0. The molecule has 1 amide bonds. The molecule has 1 fully saturated rings. The predicted octanol–water partition coefficient (Wildman–Crippen LogP) is 0.913. The van der Waals surface area contributed by atoms with Gasteiger partial charge in [-0.3, -0.25) is 4.79 Å². The molecule has 2 N–H and O–H groups in total. The summed E-state index contributed by atoms with van der Waals surface area (Å²) in [4.78, 5) is 16.3. The molecule has 16 heavy (non-hydrogen) atoms. The minimum absolute atomic E-state index is 0.0232. The molecule has 1 atom stereocenters. The zero-order chi connectivity index (χ0) is 11.2. The van der Waals surface area contributed by atoms with Gasteiger partial charge in [-0.2, -0.15) is 0 Å². The van der Waals surface area contributed by atoms with E-state index in [9.17, 15) is 4.79 Å². The molecule has 1 aromatic rings.